The Labute approximate surface area is 227 Å². The number of unbranched alkanes of at least 4 members (excludes halogenated alkanes) is 1. The highest BCUT2D eigenvalue weighted by Gasteiger charge is 2.11. The molecule has 0 spiro atoms. The Morgan fingerprint density at radius 3 is 1.97 bits per heavy atom. The fourth-order valence-electron chi connectivity index (χ4n) is 4.42. The normalized spacial score (nSPS) is 11.1. The van der Waals surface area contributed by atoms with Gasteiger partial charge in [0.25, 0.3) is 0 Å². The topological polar surface area (TPSA) is 38.2 Å². The van der Waals surface area contributed by atoms with E-state index in [2.05, 4.69) is 39.1 Å². The van der Waals surface area contributed by atoms with Crippen molar-refractivity contribution in [3.63, 3.8) is 0 Å². The zero-order chi connectivity index (χ0) is 26.0. The highest BCUT2D eigenvalue weighted by molar-refractivity contribution is 7.11. The lowest BCUT2D eigenvalue weighted by molar-refractivity contribution is 0.237. The van der Waals surface area contributed by atoms with Gasteiger partial charge < -0.3 is 4.74 Å². The van der Waals surface area contributed by atoms with Crippen LogP contribution in [0.15, 0.2) is 109 Å². The molecule has 0 fully saturated rings. The summed E-state index contributed by atoms with van der Waals surface area (Å²) in [5.74, 6) is -0.238. The molecule has 192 valence electrons. The summed E-state index contributed by atoms with van der Waals surface area (Å²) >= 11 is 1.62. The Hall–Kier alpha value is -3.87. The van der Waals surface area contributed by atoms with Crippen LogP contribution in [0.2, 0.25) is 0 Å². The molecule has 4 nitrogen and oxygen atoms in total. The Kier molecular flexibility index (Phi) is 8.87. The molecule has 3 heterocycles. The van der Waals surface area contributed by atoms with Gasteiger partial charge in [0, 0.05) is 49.0 Å². The number of hydrogen-bond acceptors (Lipinski definition) is 5. The quantitative estimate of drug-likeness (QED) is 0.156. The monoisotopic (exact) mass is 523 g/mol. The zero-order valence-corrected chi connectivity index (χ0v) is 22.0. The van der Waals surface area contributed by atoms with Gasteiger partial charge in [-0.05, 0) is 83.4 Å². The minimum absolute atomic E-state index is 0.238. The Morgan fingerprint density at radius 2 is 1.34 bits per heavy atom. The molecular formula is C32H30FN3OS. The van der Waals surface area contributed by atoms with Crippen LogP contribution in [0.1, 0.15) is 24.0 Å². The van der Waals surface area contributed by atoms with E-state index in [0.717, 1.165) is 65.4 Å². The molecule has 0 N–H and O–H groups in total. The summed E-state index contributed by atoms with van der Waals surface area (Å²) in [6.07, 6.45) is 9.61. The van der Waals surface area contributed by atoms with Crippen LogP contribution >= 0.6 is 11.3 Å². The predicted molar refractivity (Wildman–Crippen MR) is 152 cm³/mol. The van der Waals surface area contributed by atoms with E-state index in [4.69, 9.17) is 4.74 Å². The molecule has 0 unspecified atom stereocenters. The van der Waals surface area contributed by atoms with Crippen molar-refractivity contribution in [1.82, 2.24) is 14.9 Å². The minimum atomic E-state index is -0.238. The van der Waals surface area contributed by atoms with Crippen LogP contribution in [-0.2, 0) is 13.1 Å². The van der Waals surface area contributed by atoms with Gasteiger partial charge in [-0.2, -0.15) is 0 Å². The summed E-state index contributed by atoms with van der Waals surface area (Å²) in [6, 6.07) is 25.3. The molecule has 0 bridgehead atoms. The fourth-order valence-corrected chi connectivity index (χ4v) is 5.02. The van der Waals surface area contributed by atoms with Crippen LogP contribution in [0.3, 0.4) is 0 Å². The lowest BCUT2D eigenvalue weighted by Gasteiger charge is -2.23. The Morgan fingerprint density at radius 1 is 0.684 bits per heavy atom. The molecule has 0 aliphatic carbocycles. The number of aromatic nitrogens is 2. The summed E-state index contributed by atoms with van der Waals surface area (Å²) in [7, 11) is 0. The van der Waals surface area contributed by atoms with Gasteiger partial charge in [-0.25, -0.2) is 4.39 Å². The number of halogens is 1. The standard InChI is InChI=1S/C32H30FN3OS/c33-31-12-10-28(11-13-31)30-18-26(20-35-22-30)24-36(14-4-5-15-37-32-9-6-16-38-32)23-25-17-29(21-34-19-25)27-7-2-1-3-8-27/h1-3,6-13,16-22H,4-5,14-15,23-24H2. The first kappa shape index (κ1) is 25.8. The Bertz CT molecular complexity index is 1410. The average molecular weight is 524 g/mol. The third-order valence-corrected chi connectivity index (χ3v) is 7.07. The predicted octanol–water partition coefficient (Wildman–Crippen LogP) is 7.87. The SMILES string of the molecule is Fc1ccc(-c2cncc(CN(CCCCOc3cccs3)Cc3cncc(-c4ccccc4)c3)c2)cc1. The number of hydrogen-bond donors (Lipinski definition) is 0. The number of pyridine rings is 2. The highest BCUT2D eigenvalue weighted by atomic mass is 32.1. The maximum Gasteiger partial charge on any atom is 0.173 e. The Balaban J connectivity index is 1.29. The van der Waals surface area contributed by atoms with Gasteiger partial charge in [-0.3, -0.25) is 14.9 Å². The molecule has 0 saturated carbocycles. The molecule has 0 saturated heterocycles. The lowest BCUT2D eigenvalue weighted by Crippen LogP contribution is -2.24. The van der Waals surface area contributed by atoms with Crippen molar-refractivity contribution in [1.29, 1.82) is 0 Å². The molecule has 0 atom stereocenters. The summed E-state index contributed by atoms with van der Waals surface area (Å²) in [6.45, 7) is 3.16. The van der Waals surface area contributed by atoms with Crippen LogP contribution in [-0.4, -0.2) is 28.0 Å². The second kappa shape index (κ2) is 13.1. The van der Waals surface area contributed by atoms with Gasteiger partial charge >= 0.3 is 0 Å². The van der Waals surface area contributed by atoms with E-state index < -0.39 is 0 Å². The van der Waals surface area contributed by atoms with Crippen LogP contribution in [0.25, 0.3) is 22.3 Å². The number of rotatable bonds is 12. The maximum absolute atomic E-state index is 13.4. The van der Waals surface area contributed by atoms with E-state index in [1.165, 1.54) is 17.7 Å². The van der Waals surface area contributed by atoms with Crippen molar-refractivity contribution >= 4 is 11.3 Å². The molecule has 0 aliphatic rings. The second-order valence-corrected chi connectivity index (χ2v) is 10.1. The van der Waals surface area contributed by atoms with Crippen LogP contribution < -0.4 is 4.74 Å². The molecule has 5 aromatic rings. The van der Waals surface area contributed by atoms with Gasteiger partial charge in [-0.15, -0.1) is 11.3 Å². The molecule has 3 aromatic heterocycles. The number of nitrogens with zero attached hydrogens (tertiary/aromatic N) is 3. The zero-order valence-electron chi connectivity index (χ0n) is 21.2. The van der Waals surface area contributed by atoms with Gasteiger partial charge in [-0.1, -0.05) is 42.5 Å². The van der Waals surface area contributed by atoms with Crippen LogP contribution in [0.4, 0.5) is 4.39 Å². The number of thiophene rings is 1. The molecule has 0 aliphatic heterocycles. The van der Waals surface area contributed by atoms with Crippen molar-refractivity contribution in [3.8, 4) is 27.3 Å². The number of ether oxygens (including phenoxy) is 1. The van der Waals surface area contributed by atoms with E-state index in [9.17, 15) is 4.39 Å². The minimum Gasteiger partial charge on any atom is -0.484 e. The van der Waals surface area contributed by atoms with Crippen LogP contribution in [0.5, 0.6) is 5.06 Å². The summed E-state index contributed by atoms with van der Waals surface area (Å²) < 4.78 is 19.3. The van der Waals surface area contributed by atoms with Gasteiger partial charge in [0.2, 0.25) is 0 Å². The first-order valence-electron chi connectivity index (χ1n) is 12.8. The summed E-state index contributed by atoms with van der Waals surface area (Å²) in [5.41, 5.74) is 6.51. The third-order valence-electron chi connectivity index (χ3n) is 6.29. The number of benzene rings is 2. The molecule has 6 heteroatoms. The molecule has 0 radical (unpaired) electrons. The first-order valence-corrected chi connectivity index (χ1v) is 13.7. The molecule has 5 rings (SSSR count). The smallest absolute Gasteiger partial charge is 0.173 e. The van der Waals surface area contributed by atoms with Crippen molar-refractivity contribution in [2.24, 2.45) is 0 Å². The van der Waals surface area contributed by atoms with Crippen molar-refractivity contribution < 1.29 is 9.13 Å². The second-order valence-electron chi connectivity index (χ2n) is 9.23. The van der Waals surface area contributed by atoms with E-state index in [1.54, 1.807) is 23.5 Å². The first-order chi connectivity index (χ1) is 18.7. The van der Waals surface area contributed by atoms with E-state index in [-0.39, 0.29) is 5.82 Å². The van der Waals surface area contributed by atoms with Crippen LogP contribution in [0, 0.1) is 5.82 Å². The van der Waals surface area contributed by atoms with E-state index in [1.807, 2.05) is 60.5 Å². The summed E-state index contributed by atoms with van der Waals surface area (Å²) in [5, 5.41) is 3.00. The van der Waals surface area contributed by atoms with E-state index >= 15 is 0 Å². The average Bonchev–Trinajstić information content (AvgIpc) is 3.48. The van der Waals surface area contributed by atoms with Crippen molar-refractivity contribution in [3.05, 3.63) is 126 Å². The lowest BCUT2D eigenvalue weighted by atomic mass is 10.0. The molecule has 2 aromatic carbocycles. The van der Waals surface area contributed by atoms with Gasteiger partial charge in [0.1, 0.15) is 5.82 Å². The van der Waals surface area contributed by atoms with Crippen molar-refractivity contribution in [2.45, 2.75) is 25.9 Å². The summed E-state index contributed by atoms with van der Waals surface area (Å²) in [4.78, 5) is 11.4. The van der Waals surface area contributed by atoms with Gasteiger partial charge in [0.05, 0.1) is 6.61 Å². The molecule has 38 heavy (non-hydrogen) atoms. The maximum atomic E-state index is 13.4. The largest absolute Gasteiger partial charge is 0.484 e. The van der Waals surface area contributed by atoms with Crippen molar-refractivity contribution in [2.75, 3.05) is 13.2 Å². The van der Waals surface area contributed by atoms with E-state index in [0.29, 0.717) is 6.61 Å². The fraction of sp³-hybridized carbons (Fsp3) is 0.188. The molecular weight excluding hydrogens is 493 g/mol. The highest BCUT2D eigenvalue weighted by Crippen LogP contribution is 2.23. The third kappa shape index (κ3) is 7.34. The molecule has 0 amide bonds. The van der Waals surface area contributed by atoms with Gasteiger partial charge in [0.15, 0.2) is 5.06 Å².